The Morgan fingerprint density at radius 1 is 1.19 bits per heavy atom. The number of carboxylic acid groups (broad SMARTS) is 1. The van der Waals surface area contributed by atoms with Crippen LogP contribution in [0.15, 0.2) is 42.7 Å². The Morgan fingerprint density at radius 2 is 1.90 bits per heavy atom. The van der Waals surface area contributed by atoms with Crippen LogP contribution < -0.4 is 5.32 Å². The van der Waals surface area contributed by atoms with Crippen LogP contribution in [0.5, 0.6) is 0 Å². The van der Waals surface area contributed by atoms with Gasteiger partial charge in [0.1, 0.15) is 5.82 Å². The maximum atomic E-state index is 12.7. The van der Waals surface area contributed by atoms with Gasteiger partial charge in [-0.05, 0) is 30.2 Å². The molecule has 2 N–H and O–H groups in total. The highest BCUT2D eigenvalue weighted by Crippen LogP contribution is 2.10. The van der Waals surface area contributed by atoms with Crippen molar-refractivity contribution < 1.29 is 19.1 Å². The molecule has 5 nitrogen and oxygen atoms in total. The maximum absolute atomic E-state index is 12.7. The first-order valence-electron chi connectivity index (χ1n) is 6.27. The molecule has 0 spiro atoms. The van der Waals surface area contributed by atoms with E-state index in [-0.39, 0.29) is 23.7 Å². The zero-order valence-electron chi connectivity index (χ0n) is 11.0. The number of pyridine rings is 1. The average Bonchev–Trinajstić information content (AvgIpc) is 2.47. The fraction of sp³-hybridized carbons (Fsp3) is 0.133. The number of rotatable bonds is 5. The molecular weight excluding hydrogens is 275 g/mol. The number of nitrogens with one attached hydrogen (secondary N) is 1. The lowest BCUT2D eigenvalue weighted by atomic mass is 10.1. The molecule has 0 aliphatic carbocycles. The lowest BCUT2D eigenvalue weighted by molar-refractivity contribution is -0.116. The Morgan fingerprint density at radius 3 is 2.57 bits per heavy atom. The molecular formula is C15H13FN2O3. The van der Waals surface area contributed by atoms with Gasteiger partial charge in [-0.2, -0.15) is 0 Å². The number of aromatic nitrogens is 1. The Labute approximate surface area is 120 Å². The van der Waals surface area contributed by atoms with Crippen molar-refractivity contribution in [3.63, 3.8) is 0 Å². The summed E-state index contributed by atoms with van der Waals surface area (Å²) in [5.74, 6) is -1.69. The Kier molecular flexibility index (Phi) is 4.61. The summed E-state index contributed by atoms with van der Waals surface area (Å²) in [7, 11) is 0. The molecule has 2 aromatic rings. The van der Waals surface area contributed by atoms with E-state index in [0.29, 0.717) is 12.1 Å². The van der Waals surface area contributed by atoms with E-state index in [9.17, 15) is 14.0 Å². The predicted molar refractivity (Wildman–Crippen MR) is 74.5 cm³/mol. The van der Waals surface area contributed by atoms with E-state index in [1.807, 2.05) is 0 Å². The lowest BCUT2D eigenvalue weighted by Crippen LogP contribution is -2.13. The molecule has 1 amide bonds. The number of nitrogens with zero attached hydrogens (tertiary/aromatic N) is 1. The SMILES string of the molecule is O=C(CCc1ccc(F)cc1)Nc1cncc(C(=O)O)c1. The number of amides is 1. The van der Waals surface area contributed by atoms with E-state index in [1.165, 1.54) is 30.6 Å². The number of benzene rings is 1. The van der Waals surface area contributed by atoms with E-state index < -0.39 is 5.97 Å². The molecule has 0 unspecified atom stereocenters. The van der Waals surface area contributed by atoms with Crippen LogP contribution in [0.1, 0.15) is 22.3 Å². The number of hydrogen-bond acceptors (Lipinski definition) is 3. The van der Waals surface area contributed by atoms with Gasteiger partial charge in [-0.1, -0.05) is 12.1 Å². The summed E-state index contributed by atoms with van der Waals surface area (Å²) in [5.41, 5.74) is 1.19. The van der Waals surface area contributed by atoms with Crippen LogP contribution in [-0.2, 0) is 11.2 Å². The van der Waals surface area contributed by atoms with Crippen molar-refractivity contribution in [2.75, 3.05) is 5.32 Å². The average molecular weight is 288 g/mol. The number of carbonyl (C=O) groups is 2. The van der Waals surface area contributed by atoms with Gasteiger partial charge in [0, 0.05) is 12.6 Å². The molecule has 1 aromatic heterocycles. The van der Waals surface area contributed by atoms with Crippen molar-refractivity contribution in [1.29, 1.82) is 0 Å². The maximum Gasteiger partial charge on any atom is 0.337 e. The van der Waals surface area contributed by atoms with Gasteiger partial charge in [0.25, 0.3) is 0 Å². The molecule has 108 valence electrons. The van der Waals surface area contributed by atoms with Crippen LogP contribution in [0.4, 0.5) is 10.1 Å². The number of carboxylic acids is 1. The first-order valence-corrected chi connectivity index (χ1v) is 6.27. The van der Waals surface area contributed by atoms with Crippen molar-refractivity contribution in [2.24, 2.45) is 0 Å². The quantitative estimate of drug-likeness (QED) is 0.886. The summed E-state index contributed by atoms with van der Waals surface area (Å²) in [5, 5.41) is 11.4. The van der Waals surface area contributed by atoms with Crippen molar-refractivity contribution in [1.82, 2.24) is 4.98 Å². The molecule has 0 fully saturated rings. The molecule has 0 bridgehead atoms. The van der Waals surface area contributed by atoms with E-state index in [1.54, 1.807) is 12.1 Å². The van der Waals surface area contributed by atoms with Gasteiger partial charge < -0.3 is 10.4 Å². The van der Waals surface area contributed by atoms with Gasteiger partial charge in [-0.3, -0.25) is 9.78 Å². The third kappa shape index (κ3) is 4.38. The zero-order valence-corrected chi connectivity index (χ0v) is 11.0. The van der Waals surface area contributed by atoms with Crippen LogP contribution in [-0.4, -0.2) is 22.0 Å². The highest BCUT2D eigenvalue weighted by atomic mass is 19.1. The summed E-state index contributed by atoms with van der Waals surface area (Å²) in [6, 6.07) is 7.26. The van der Waals surface area contributed by atoms with Crippen LogP contribution in [0.25, 0.3) is 0 Å². The fourth-order valence-electron chi connectivity index (χ4n) is 1.76. The summed E-state index contributed by atoms with van der Waals surface area (Å²) in [4.78, 5) is 26.3. The standard InChI is InChI=1S/C15H13FN2O3/c16-12-4-1-10(2-5-12)3-6-14(19)18-13-7-11(15(20)21)8-17-9-13/h1-2,4-5,7-9H,3,6H2,(H,18,19)(H,20,21). The molecule has 6 heteroatoms. The number of halogens is 1. The molecule has 0 aliphatic rings. The van der Waals surface area contributed by atoms with Gasteiger partial charge >= 0.3 is 5.97 Å². The highest BCUT2D eigenvalue weighted by molar-refractivity contribution is 5.93. The molecule has 1 aromatic carbocycles. The van der Waals surface area contributed by atoms with E-state index >= 15 is 0 Å². The monoisotopic (exact) mass is 288 g/mol. The second kappa shape index (κ2) is 6.60. The topological polar surface area (TPSA) is 79.3 Å². The first kappa shape index (κ1) is 14.6. The van der Waals surface area contributed by atoms with Gasteiger partial charge in [-0.15, -0.1) is 0 Å². The van der Waals surface area contributed by atoms with Crippen LogP contribution in [0, 0.1) is 5.82 Å². The lowest BCUT2D eigenvalue weighted by Gasteiger charge is -2.05. The second-order valence-electron chi connectivity index (χ2n) is 4.44. The second-order valence-corrected chi connectivity index (χ2v) is 4.44. The normalized spacial score (nSPS) is 10.1. The van der Waals surface area contributed by atoms with Gasteiger partial charge in [-0.25, -0.2) is 9.18 Å². The number of hydrogen-bond donors (Lipinski definition) is 2. The van der Waals surface area contributed by atoms with E-state index in [0.717, 1.165) is 5.56 Å². The molecule has 0 saturated carbocycles. The molecule has 0 aliphatic heterocycles. The highest BCUT2D eigenvalue weighted by Gasteiger charge is 2.07. The summed E-state index contributed by atoms with van der Waals surface area (Å²) >= 11 is 0. The molecule has 1 heterocycles. The van der Waals surface area contributed by atoms with E-state index in [4.69, 9.17) is 5.11 Å². The van der Waals surface area contributed by atoms with Crippen molar-refractivity contribution in [3.8, 4) is 0 Å². The Bertz CT molecular complexity index is 656. The van der Waals surface area contributed by atoms with Gasteiger partial charge in [0.15, 0.2) is 0 Å². The Hall–Kier alpha value is -2.76. The van der Waals surface area contributed by atoms with Crippen molar-refractivity contribution in [2.45, 2.75) is 12.8 Å². The molecule has 2 rings (SSSR count). The van der Waals surface area contributed by atoms with Crippen LogP contribution >= 0.6 is 0 Å². The number of aryl methyl sites for hydroxylation is 1. The summed E-state index contributed by atoms with van der Waals surface area (Å²) < 4.78 is 12.7. The molecule has 0 saturated heterocycles. The van der Waals surface area contributed by atoms with Crippen LogP contribution in [0.2, 0.25) is 0 Å². The number of carbonyl (C=O) groups excluding carboxylic acids is 1. The molecule has 0 radical (unpaired) electrons. The Balaban J connectivity index is 1.91. The largest absolute Gasteiger partial charge is 0.478 e. The minimum absolute atomic E-state index is 0.00587. The fourth-order valence-corrected chi connectivity index (χ4v) is 1.76. The molecule has 21 heavy (non-hydrogen) atoms. The predicted octanol–water partition coefficient (Wildman–Crippen LogP) is 2.49. The minimum atomic E-state index is -1.11. The van der Waals surface area contributed by atoms with E-state index in [2.05, 4.69) is 10.3 Å². The summed E-state index contributed by atoms with van der Waals surface area (Å²) in [6.07, 6.45) is 3.26. The minimum Gasteiger partial charge on any atom is -0.478 e. The molecule has 0 atom stereocenters. The summed E-state index contributed by atoms with van der Waals surface area (Å²) in [6.45, 7) is 0. The van der Waals surface area contributed by atoms with Gasteiger partial charge in [0.2, 0.25) is 5.91 Å². The van der Waals surface area contributed by atoms with Gasteiger partial charge in [0.05, 0.1) is 17.4 Å². The number of aromatic carboxylic acids is 1. The third-order valence-corrected chi connectivity index (χ3v) is 2.82. The zero-order chi connectivity index (χ0) is 15.2. The smallest absolute Gasteiger partial charge is 0.337 e. The first-order chi connectivity index (χ1) is 10.0. The van der Waals surface area contributed by atoms with Crippen LogP contribution in [0.3, 0.4) is 0 Å². The third-order valence-electron chi connectivity index (χ3n) is 2.82. The number of anilines is 1. The van der Waals surface area contributed by atoms with Crippen molar-refractivity contribution >= 4 is 17.6 Å². The van der Waals surface area contributed by atoms with Crippen molar-refractivity contribution in [3.05, 3.63) is 59.7 Å².